The van der Waals surface area contributed by atoms with Crippen LogP contribution in [0, 0.1) is 5.82 Å². The van der Waals surface area contributed by atoms with E-state index in [1.807, 2.05) is 18.8 Å². The zero-order valence-corrected chi connectivity index (χ0v) is 12.7. The lowest BCUT2D eigenvalue weighted by Crippen LogP contribution is -2.31. The maximum Gasteiger partial charge on any atom is 0.164 e. The third kappa shape index (κ3) is 5.74. The number of Topliss-reactive ketones (excluding diaryl/α,β-unsaturated/α-hetero) is 1. The predicted molar refractivity (Wildman–Crippen MR) is 80.4 cm³/mol. The summed E-state index contributed by atoms with van der Waals surface area (Å²) in [6.45, 7) is 2.88. The first kappa shape index (κ1) is 16.2. The summed E-state index contributed by atoms with van der Waals surface area (Å²) in [4.78, 5) is 14.1. The van der Waals surface area contributed by atoms with Gasteiger partial charge in [-0.1, -0.05) is 12.1 Å². The van der Waals surface area contributed by atoms with E-state index in [-0.39, 0.29) is 11.6 Å². The van der Waals surface area contributed by atoms with Crippen molar-refractivity contribution < 1.29 is 9.18 Å². The van der Waals surface area contributed by atoms with Gasteiger partial charge in [-0.2, -0.15) is 11.8 Å². The molecule has 1 unspecified atom stereocenters. The Morgan fingerprint density at radius 1 is 1.47 bits per heavy atom. The molecule has 0 bridgehead atoms. The molecule has 0 aliphatic rings. The van der Waals surface area contributed by atoms with Crippen LogP contribution >= 0.6 is 11.8 Å². The second-order valence-electron chi connectivity index (χ2n) is 4.79. The maximum absolute atomic E-state index is 13.0. The van der Waals surface area contributed by atoms with Gasteiger partial charge in [0, 0.05) is 24.6 Å². The van der Waals surface area contributed by atoms with Gasteiger partial charge in [0.25, 0.3) is 0 Å². The number of hydrogen-bond acceptors (Lipinski definition) is 3. The number of nitrogens with zero attached hydrogens (tertiary/aromatic N) is 1. The van der Waals surface area contributed by atoms with Crippen LogP contribution in [-0.4, -0.2) is 42.3 Å². The van der Waals surface area contributed by atoms with Crippen LogP contribution in [0.25, 0.3) is 0 Å². The summed E-state index contributed by atoms with van der Waals surface area (Å²) >= 11 is 1.83. The number of rotatable bonds is 8. The van der Waals surface area contributed by atoms with E-state index in [0.717, 1.165) is 12.2 Å². The fraction of sp³-hybridized carbons (Fsp3) is 0.533. The highest BCUT2D eigenvalue weighted by atomic mass is 32.2. The molecule has 0 radical (unpaired) electrons. The first-order chi connectivity index (χ1) is 9.04. The number of halogens is 1. The zero-order valence-electron chi connectivity index (χ0n) is 11.9. The molecule has 2 nitrogen and oxygen atoms in total. The van der Waals surface area contributed by atoms with Gasteiger partial charge in [0.05, 0.1) is 0 Å². The molecule has 0 fully saturated rings. The Bertz CT molecular complexity index is 411. The number of hydrogen-bond donors (Lipinski definition) is 0. The molecule has 1 aromatic rings. The molecule has 1 atom stereocenters. The van der Waals surface area contributed by atoms with Crippen molar-refractivity contribution >= 4 is 17.5 Å². The molecule has 0 aliphatic heterocycles. The molecular formula is C15H22FNOS. The van der Waals surface area contributed by atoms with Gasteiger partial charge in [-0.3, -0.25) is 4.79 Å². The van der Waals surface area contributed by atoms with Gasteiger partial charge in [-0.25, -0.2) is 4.39 Å². The SMILES string of the molecule is CSCCC(C)N(C)CCC(=O)c1cccc(F)c1. The van der Waals surface area contributed by atoms with Crippen LogP contribution in [0.2, 0.25) is 0 Å². The number of benzene rings is 1. The van der Waals surface area contributed by atoms with Gasteiger partial charge < -0.3 is 4.90 Å². The molecule has 19 heavy (non-hydrogen) atoms. The number of carbonyl (C=O) groups is 1. The lowest BCUT2D eigenvalue weighted by atomic mass is 10.1. The summed E-state index contributed by atoms with van der Waals surface area (Å²) in [5.74, 6) is 0.777. The lowest BCUT2D eigenvalue weighted by Gasteiger charge is -2.24. The van der Waals surface area contributed by atoms with Gasteiger partial charge in [0.1, 0.15) is 5.82 Å². The molecule has 0 saturated heterocycles. The minimum absolute atomic E-state index is 0.00316. The number of carbonyl (C=O) groups excluding carboxylic acids is 1. The zero-order chi connectivity index (χ0) is 14.3. The van der Waals surface area contributed by atoms with Crippen molar-refractivity contribution in [2.45, 2.75) is 25.8 Å². The van der Waals surface area contributed by atoms with Gasteiger partial charge in [-0.15, -0.1) is 0 Å². The van der Waals surface area contributed by atoms with Crippen LogP contribution in [0.1, 0.15) is 30.1 Å². The molecule has 4 heteroatoms. The van der Waals surface area contributed by atoms with E-state index in [4.69, 9.17) is 0 Å². The summed E-state index contributed by atoms with van der Waals surface area (Å²) in [6.07, 6.45) is 3.65. The molecule has 0 saturated carbocycles. The molecule has 0 heterocycles. The Labute approximate surface area is 119 Å². The highest BCUT2D eigenvalue weighted by Gasteiger charge is 2.12. The molecule has 0 aromatic heterocycles. The monoisotopic (exact) mass is 283 g/mol. The van der Waals surface area contributed by atoms with E-state index in [1.54, 1.807) is 12.1 Å². The first-order valence-corrected chi connectivity index (χ1v) is 7.92. The smallest absolute Gasteiger partial charge is 0.164 e. The summed E-state index contributed by atoms with van der Waals surface area (Å²) in [5, 5.41) is 0. The van der Waals surface area contributed by atoms with E-state index >= 15 is 0 Å². The third-order valence-electron chi connectivity index (χ3n) is 3.33. The summed E-state index contributed by atoms with van der Waals surface area (Å²) < 4.78 is 13.0. The molecule has 0 aliphatic carbocycles. The Kier molecular flexibility index (Phi) is 7.10. The summed E-state index contributed by atoms with van der Waals surface area (Å²) in [6, 6.07) is 6.37. The third-order valence-corrected chi connectivity index (χ3v) is 3.97. The van der Waals surface area contributed by atoms with Crippen molar-refractivity contribution in [3.63, 3.8) is 0 Å². The van der Waals surface area contributed by atoms with E-state index in [9.17, 15) is 9.18 Å². The lowest BCUT2D eigenvalue weighted by molar-refractivity contribution is 0.0961. The fourth-order valence-electron chi connectivity index (χ4n) is 1.81. The normalized spacial score (nSPS) is 12.7. The Morgan fingerprint density at radius 2 is 2.21 bits per heavy atom. The van der Waals surface area contributed by atoms with E-state index in [0.29, 0.717) is 24.6 Å². The van der Waals surface area contributed by atoms with E-state index in [2.05, 4.69) is 18.1 Å². The largest absolute Gasteiger partial charge is 0.303 e. The Morgan fingerprint density at radius 3 is 2.84 bits per heavy atom. The number of thioether (sulfide) groups is 1. The molecule has 0 N–H and O–H groups in total. The highest BCUT2D eigenvalue weighted by molar-refractivity contribution is 7.98. The molecule has 0 amide bonds. The first-order valence-electron chi connectivity index (χ1n) is 6.52. The van der Waals surface area contributed by atoms with Gasteiger partial charge in [0.2, 0.25) is 0 Å². The summed E-state index contributed by atoms with van der Waals surface area (Å²) in [7, 11) is 2.03. The van der Waals surface area contributed by atoms with Gasteiger partial charge >= 0.3 is 0 Å². The quantitative estimate of drug-likeness (QED) is 0.681. The highest BCUT2D eigenvalue weighted by Crippen LogP contribution is 2.10. The van der Waals surface area contributed by atoms with E-state index < -0.39 is 0 Å². The second kappa shape index (κ2) is 8.33. The van der Waals surface area contributed by atoms with Crippen LogP contribution in [0.15, 0.2) is 24.3 Å². The van der Waals surface area contributed by atoms with Crippen LogP contribution in [0.5, 0.6) is 0 Å². The van der Waals surface area contributed by atoms with Crippen molar-refractivity contribution in [1.82, 2.24) is 4.90 Å². The minimum Gasteiger partial charge on any atom is -0.303 e. The van der Waals surface area contributed by atoms with Crippen LogP contribution in [-0.2, 0) is 0 Å². The van der Waals surface area contributed by atoms with Crippen molar-refractivity contribution in [1.29, 1.82) is 0 Å². The minimum atomic E-state index is -0.354. The molecule has 1 aromatic carbocycles. The summed E-state index contributed by atoms with van der Waals surface area (Å²) in [5.41, 5.74) is 0.463. The van der Waals surface area contributed by atoms with Crippen molar-refractivity contribution in [3.05, 3.63) is 35.6 Å². The maximum atomic E-state index is 13.0. The molecule has 0 spiro atoms. The fourth-order valence-corrected chi connectivity index (χ4v) is 2.39. The Hall–Kier alpha value is -0.870. The average molecular weight is 283 g/mol. The van der Waals surface area contributed by atoms with Gasteiger partial charge in [0.15, 0.2) is 5.78 Å². The molecule has 106 valence electrons. The Balaban J connectivity index is 2.41. The van der Waals surface area contributed by atoms with Crippen LogP contribution < -0.4 is 0 Å². The molecule has 1 rings (SSSR count). The van der Waals surface area contributed by atoms with Crippen molar-refractivity contribution in [3.8, 4) is 0 Å². The van der Waals surface area contributed by atoms with E-state index in [1.165, 1.54) is 12.1 Å². The van der Waals surface area contributed by atoms with Crippen LogP contribution in [0.4, 0.5) is 4.39 Å². The van der Waals surface area contributed by atoms with Crippen molar-refractivity contribution in [2.75, 3.05) is 25.6 Å². The molecular weight excluding hydrogens is 261 g/mol. The topological polar surface area (TPSA) is 20.3 Å². The number of ketones is 1. The van der Waals surface area contributed by atoms with Gasteiger partial charge in [-0.05, 0) is 44.5 Å². The predicted octanol–water partition coefficient (Wildman–Crippen LogP) is 3.47. The second-order valence-corrected chi connectivity index (χ2v) is 5.78. The van der Waals surface area contributed by atoms with Crippen LogP contribution in [0.3, 0.4) is 0 Å². The van der Waals surface area contributed by atoms with Crippen molar-refractivity contribution in [2.24, 2.45) is 0 Å². The standard InChI is InChI=1S/C15H22FNOS/c1-12(8-10-19-3)17(2)9-7-15(18)13-5-4-6-14(16)11-13/h4-6,11-12H,7-10H2,1-3H3. The average Bonchev–Trinajstić information content (AvgIpc) is 2.41.